The van der Waals surface area contributed by atoms with Gasteiger partial charge in [0.25, 0.3) is 0 Å². The third-order valence-electron chi connectivity index (χ3n) is 4.38. The molecule has 6 nitrogen and oxygen atoms in total. The molecule has 1 aromatic rings. The molecule has 0 bridgehead atoms. The van der Waals surface area contributed by atoms with Crippen molar-refractivity contribution in [3.05, 3.63) is 18.2 Å². The minimum absolute atomic E-state index is 0.194. The first-order chi connectivity index (χ1) is 10.7. The van der Waals surface area contributed by atoms with Crippen LogP contribution in [0.5, 0.6) is 0 Å². The molecular weight excluding hydrogens is 292 g/mol. The zero-order chi connectivity index (χ0) is 17.1. The lowest BCUT2D eigenvalue weighted by Crippen LogP contribution is -2.47. The molecule has 23 heavy (non-hydrogen) atoms. The second-order valence-corrected chi connectivity index (χ2v) is 7.84. The van der Waals surface area contributed by atoms with E-state index in [-0.39, 0.29) is 11.5 Å². The van der Waals surface area contributed by atoms with Crippen molar-refractivity contribution >= 4 is 6.09 Å². The van der Waals surface area contributed by atoms with Crippen LogP contribution in [0.1, 0.15) is 46.4 Å². The van der Waals surface area contributed by atoms with Crippen LogP contribution in [0.2, 0.25) is 0 Å². The molecule has 0 saturated carbocycles. The highest BCUT2D eigenvalue weighted by Crippen LogP contribution is 2.30. The lowest BCUT2D eigenvalue weighted by molar-refractivity contribution is 0.0119. The van der Waals surface area contributed by atoms with Gasteiger partial charge in [0.1, 0.15) is 11.4 Å². The molecule has 1 saturated heterocycles. The highest BCUT2D eigenvalue weighted by Gasteiger charge is 2.33. The number of aromatic nitrogens is 2. The molecule has 0 aliphatic carbocycles. The Morgan fingerprint density at radius 2 is 2.04 bits per heavy atom. The van der Waals surface area contributed by atoms with E-state index in [0.717, 1.165) is 44.8 Å². The van der Waals surface area contributed by atoms with Gasteiger partial charge in [-0.2, -0.15) is 0 Å². The first-order valence-corrected chi connectivity index (χ1v) is 8.33. The van der Waals surface area contributed by atoms with Gasteiger partial charge in [0.05, 0.1) is 6.54 Å². The average Bonchev–Trinajstić information content (AvgIpc) is 2.83. The number of rotatable bonds is 4. The van der Waals surface area contributed by atoms with Crippen molar-refractivity contribution in [2.45, 2.75) is 52.7 Å². The summed E-state index contributed by atoms with van der Waals surface area (Å²) >= 11 is 0. The Bertz CT molecular complexity index is 525. The van der Waals surface area contributed by atoms with E-state index in [4.69, 9.17) is 4.74 Å². The minimum Gasteiger partial charge on any atom is -0.444 e. The maximum absolute atomic E-state index is 12.1. The summed E-state index contributed by atoms with van der Waals surface area (Å²) < 4.78 is 7.48. The number of amides is 1. The molecule has 1 fully saturated rings. The fourth-order valence-electron chi connectivity index (χ4n) is 2.78. The molecule has 1 aromatic heterocycles. The molecule has 0 unspecified atom stereocenters. The molecule has 2 heterocycles. The van der Waals surface area contributed by atoms with E-state index >= 15 is 0 Å². The molecule has 0 atom stereocenters. The second kappa shape index (κ2) is 6.91. The van der Waals surface area contributed by atoms with Gasteiger partial charge in [0.2, 0.25) is 0 Å². The number of hydrogen-bond acceptors (Lipinski definition) is 4. The van der Waals surface area contributed by atoms with Crippen molar-refractivity contribution < 1.29 is 9.53 Å². The van der Waals surface area contributed by atoms with Gasteiger partial charge in [-0.1, -0.05) is 6.92 Å². The second-order valence-electron chi connectivity index (χ2n) is 7.84. The molecular formula is C17H30N4O2. The van der Waals surface area contributed by atoms with E-state index in [1.54, 1.807) is 0 Å². The van der Waals surface area contributed by atoms with Gasteiger partial charge in [0.15, 0.2) is 0 Å². The van der Waals surface area contributed by atoms with Gasteiger partial charge in [-0.05, 0) is 39.0 Å². The number of aryl methyl sites for hydroxylation is 1. The zero-order valence-electron chi connectivity index (χ0n) is 15.1. The van der Waals surface area contributed by atoms with E-state index in [2.05, 4.69) is 17.2 Å². The summed E-state index contributed by atoms with van der Waals surface area (Å²) in [5.41, 5.74) is -0.217. The van der Waals surface area contributed by atoms with Gasteiger partial charge >= 0.3 is 6.09 Å². The Morgan fingerprint density at radius 3 is 2.57 bits per heavy atom. The highest BCUT2D eigenvalue weighted by molar-refractivity contribution is 5.68. The minimum atomic E-state index is -0.429. The summed E-state index contributed by atoms with van der Waals surface area (Å²) in [6.07, 6.45) is 5.55. The van der Waals surface area contributed by atoms with Crippen molar-refractivity contribution in [1.82, 2.24) is 19.8 Å². The molecule has 0 spiro atoms. The number of ether oxygens (including phenoxy) is 1. The quantitative estimate of drug-likeness (QED) is 0.925. The van der Waals surface area contributed by atoms with Crippen molar-refractivity contribution in [3.63, 3.8) is 0 Å². The van der Waals surface area contributed by atoms with Gasteiger partial charge < -0.3 is 19.5 Å². The van der Waals surface area contributed by atoms with E-state index < -0.39 is 5.60 Å². The molecule has 2 rings (SSSR count). The SMILES string of the molecule is Cn1ccnc1CNCC1(C)CCN(C(=O)OC(C)(C)C)CC1. The molecule has 1 aliphatic rings. The Morgan fingerprint density at radius 1 is 1.39 bits per heavy atom. The largest absolute Gasteiger partial charge is 0.444 e. The predicted octanol–water partition coefficient (Wildman–Crippen LogP) is 2.55. The summed E-state index contributed by atoms with van der Waals surface area (Å²) in [6, 6.07) is 0. The van der Waals surface area contributed by atoms with Crippen LogP contribution in [0.25, 0.3) is 0 Å². The summed E-state index contributed by atoms with van der Waals surface area (Å²) in [6.45, 7) is 11.2. The summed E-state index contributed by atoms with van der Waals surface area (Å²) in [5, 5.41) is 3.50. The fourth-order valence-corrected chi connectivity index (χ4v) is 2.78. The van der Waals surface area contributed by atoms with Crippen LogP contribution in [0.3, 0.4) is 0 Å². The molecule has 1 aliphatic heterocycles. The van der Waals surface area contributed by atoms with Crippen LogP contribution < -0.4 is 5.32 Å². The number of nitrogens with one attached hydrogen (secondary N) is 1. The van der Waals surface area contributed by atoms with Crippen molar-refractivity contribution in [1.29, 1.82) is 0 Å². The number of hydrogen-bond donors (Lipinski definition) is 1. The molecule has 1 N–H and O–H groups in total. The van der Waals surface area contributed by atoms with Gasteiger partial charge in [-0.3, -0.25) is 0 Å². The van der Waals surface area contributed by atoms with Crippen molar-refractivity contribution in [2.75, 3.05) is 19.6 Å². The predicted molar refractivity (Wildman–Crippen MR) is 90.1 cm³/mol. The normalized spacial score (nSPS) is 18.0. The topological polar surface area (TPSA) is 59.4 Å². The number of piperidine rings is 1. The van der Waals surface area contributed by atoms with E-state index in [9.17, 15) is 4.79 Å². The van der Waals surface area contributed by atoms with Gasteiger partial charge in [-0.15, -0.1) is 0 Å². The van der Waals surface area contributed by atoms with Gasteiger partial charge in [-0.25, -0.2) is 9.78 Å². The first kappa shape index (κ1) is 17.8. The average molecular weight is 322 g/mol. The lowest BCUT2D eigenvalue weighted by atomic mass is 9.80. The highest BCUT2D eigenvalue weighted by atomic mass is 16.6. The zero-order valence-corrected chi connectivity index (χ0v) is 15.1. The van der Waals surface area contributed by atoms with Gasteiger partial charge in [0, 0.05) is 39.1 Å². The Kier molecular flexibility index (Phi) is 5.34. The molecule has 0 radical (unpaired) electrons. The van der Waals surface area contributed by atoms with Crippen LogP contribution in [0.4, 0.5) is 4.79 Å². The molecule has 0 aromatic carbocycles. The standard InChI is InChI=1S/C17H30N4O2/c1-16(2,3)23-15(22)21-9-6-17(4,7-10-21)13-18-12-14-19-8-11-20(14)5/h8,11,18H,6-7,9-10,12-13H2,1-5H3. The van der Waals surface area contributed by atoms with Crippen LogP contribution in [0.15, 0.2) is 12.4 Å². The number of carbonyl (C=O) groups is 1. The maximum Gasteiger partial charge on any atom is 0.410 e. The van der Waals surface area contributed by atoms with Crippen LogP contribution in [-0.2, 0) is 18.3 Å². The Labute approximate surface area is 139 Å². The third-order valence-corrected chi connectivity index (χ3v) is 4.38. The fraction of sp³-hybridized carbons (Fsp3) is 0.765. The summed E-state index contributed by atoms with van der Waals surface area (Å²) in [4.78, 5) is 18.3. The maximum atomic E-state index is 12.1. The lowest BCUT2D eigenvalue weighted by Gasteiger charge is -2.39. The Hall–Kier alpha value is -1.56. The first-order valence-electron chi connectivity index (χ1n) is 8.33. The smallest absolute Gasteiger partial charge is 0.410 e. The Balaban J connectivity index is 1.76. The number of nitrogens with zero attached hydrogens (tertiary/aromatic N) is 3. The third kappa shape index (κ3) is 5.23. The van der Waals surface area contributed by atoms with E-state index in [1.165, 1.54) is 0 Å². The number of likely N-dealkylation sites (tertiary alicyclic amines) is 1. The summed E-state index contributed by atoms with van der Waals surface area (Å²) in [5.74, 6) is 1.04. The van der Waals surface area contributed by atoms with E-state index in [1.807, 2.05) is 49.7 Å². The van der Waals surface area contributed by atoms with Crippen molar-refractivity contribution in [3.8, 4) is 0 Å². The molecule has 6 heteroatoms. The van der Waals surface area contributed by atoms with Crippen LogP contribution in [-0.4, -0.2) is 45.8 Å². The van der Waals surface area contributed by atoms with Crippen LogP contribution >= 0.6 is 0 Å². The number of imidazole rings is 1. The van der Waals surface area contributed by atoms with Crippen molar-refractivity contribution in [2.24, 2.45) is 12.5 Å². The monoisotopic (exact) mass is 322 g/mol. The van der Waals surface area contributed by atoms with Crippen LogP contribution in [0, 0.1) is 5.41 Å². The molecule has 130 valence electrons. The number of carbonyl (C=O) groups excluding carboxylic acids is 1. The summed E-state index contributed by atoms with van der Waals surface area (Å²) in [7, 11) is 2.01. The van der Waals surface area contributed by atoms with E-state index in [0.29, 0.717) is 0 Å². The molecule has 1 amide bonds.